The van der Waals surface area contributed by atoms with Gasteiger partial charge in [-0.3, -0.25) is 0 Å². The lowest BCUT2D eigenvalue weighted by atomic mass is 10.1. The van der Waals surface area contributed by atoms with E-state index in [1.165, 1.54) is 0 Å². The Bertz CT molecular complexity index is 661. The van der Waals surface area contributed by atoms with E-state index in [2.05, 4.69) is 27.8 Å². The van der Waals surface area contributed by atoms with Gasteiger partial charge in [-0.2, -0.15) is 0 Å². The average Bonchev–Trinajstić information content (AvgIpc) is 2.61. The molecule has 0 heterocycles. The topological polar surface area (TPSA) is 50.7 Å². The van der Waals surface area contributed by atoms with Crippen molar-refractivity contribution in [2.24, 2.45) is 0 Å². The van der Waals surface area contributed by atoms with Crippen molar-refractivity contribution in [2.75, 3.05) is 20.3 Å². The second kappa shape index (κ2) is 9.47. The Labute approximate surface area is 151 Å². The standard InChI is InChI=1S/C19H22BrNO3/c1-3-9-24-19-16(20)10-14(11-18(19)23-2)12-21-13-17(22)15-7-5-4-6-8-15/h3-8,10-11,17,21-22H,1,9,12-13H2,2H3. The first-order chi connectivity index (χ1) is 11.7. The molecule has 0 radical (unpaired) electrons. The zero-order chi connectivity index (χ0) is 17.4. The summed E-state index contributed by atoms with van der Waals surface area (Å²) < 4.78 is 11.8. The summed E-state index contributed by atoms with van der Waals surface area (Å²) in [5, 5.41) is 13.4. The van der Waals surface area contributed by atoms with Crippen molar-refractivity contribution in [3.8, 4) is 11.5 Å². The number of ether oxygens (including phenoxy) is 2. The largest absolute Gasteiger partial charge is 0.493 e. The van der Waals surface area contributed by atoms with Crippen LogP contribution >= 0.6 is 15.9 Å². The van der Waals surface area contributed by atoms with E-state index in [0.717, 1.165) is 15.6 Å². The van der Waals surface area contributed by atoms with Gasteiger partial charge in [0.05, 0.1) is 17.7 Å². The van der Waals surface area contributed by atoms with Crippen LogP contribution in [0.4, 0.5) is 0 Å². The van der Waals surface area contributed by atoms with Crippen molar-refractivity contribution in [1.82, 2.24) is 5.32 Å². The second-order valence-corrected chi connectivity index (χ2v) is 6.12. The number of methoxy groups -OCH3 is 1. The maximum absolute atomic E-state index is 10.2. The van der Waals surface area contributed by atoms with E-state index in [-0.39, 0.29) is 0 Å². The van der Waals surface area contributed by atoms with Gasteiger partial charge >= 0.3 is 0 Å². The molecular formula is C19H22BrNO3. The van der Waals surface area contributed by atoms with Crippen molar-refractivity contribution in [3.05, 3.63) is 70.7 Å². The predicted molar refractivity (Wildman–Crippen MR) is 99.5 cm³/mol. The molecule has 2 aromatic carbocycles. The van der Waals surface area contributed by atoms with Crippen LogP contribution < -0.4 is 14.8 Å². The summed E-state index contributed by atoms with van der Waals surface area (Å²) in [7, 11) is 1.61. The van der Waals surface area contributed by atoms with Crippen LogP contribution in [0.1, 0.15) is 17.2 Å². The van der Waals surface area contributed by atoms with E-state index in [0.29, 0.717) is 31.2 Å². The van der Waals surface area contributed by atoms with Gasteiger partial charge in [0.2, 0.25) is 0 Å². The Morgan fingerprint density at radius 2 is 2.04 bits per heavy atom. The third-order valence-corrected chi connectivity index (χ3v) is 4.07. The molecule has 5 heteroatoms. The predicted octanol–water partition coefficient (Wildman–Crippen LogP) is 3.85. The fourth-order valence-electron chi connectivity index (χ4n) is 2.30. The quantitative estimate of drug-likeness (QED) is 0.637. The highest BCUT2D eigenvalue weighted by Gasteiger charge is 2.12. The number of aliphatic hydroxyl groups excluding tert-OH is 1. The zero-order valence-electron chi connectivity index (χ0n) is 13.7. The zero-order valence-corrected chi connectivity index (χ0v) is 15.3. The Morgan fingerprint density at radius 3 is 2.71 bits per heavy atom. The normalized spacial score (nSPS) is 11.8. The summed E-state index contributed by atoms with van der Waals surface area (Å²) >= 11 is 3.51. The molecule has 0 saturated heterocycles. The minimum absolute atomic E-state index is 0.413. The Hall–Kier alpha value is -1.82. The van der Waals surface area contributed by atoms with E-state index < -0.39 is 6.10 Å². The first kappa shape index (κ1) is 18.5. The molecule has 0 fully saturated rings. The average molecular weight is 392 g/mol. The number of hydrogen-bond donors (Lipinski definition) is 2. The third kappa shape index (κ3) is 5.09. The molecule has 0 spiro atoms. The van der Waals surface area contributed by atoms with E-state index >= 15 is 0 Å². The van der Waals surface area contributed by atoms with Crippen molar-refractivity contribution in [1.29, 1.82) is 0 Å². The molecule has 2 aromatic rings. The summed E-state index contributed by atoms with van der Waals surface area (Å²) in [5.74, 6) is 1.32. The Morgan fingerprint density at radius 1 is 1.29 bits per heavy atom. The molecule has 24 heavy (non-hydrogen) atoms. The van der Waals surface area contributed by atoms with E-state index in [4.69, 9.17) is 9.47 Å². The monoisotopic (exact) mass is 391 g/mol. The summed E-state index contributed by atoms with van der Waals surface area (Å²) in [6, 6.07) is 13.5. The SMILES string of the molecule is C=CCOc1c(Br)cc(CNCC(O)c2ccccc2)cc1OC. The number of rotatable bonds is 9. The first-order valence-corrected chi connectivity index (χ1v) is 8.48. The van der Waals surface area contributed by atoms with Crippen molar-refractivity contribution in [3.63, 3.8) is 0 Å². The van der Waals surface area contributed by atoms with E-state index in [1.54, 1.807) is 13.2 Å². The summed E-state index contributed by atoms with van der Waals surface area (Å²) in [6.45, 7) is 5.14. The fourth-order valence-corrected chi connectivity index (χ4v) is 2.91. The number of hydrogen-bond acceptors (Lipinski definition) is 4. The molecule has 1 atom stereocenters. The van der Waals surface area contributed by atoms with Crippen LogP contribution in [0, 0.1) is 0 Å². The molecule has 2 N–H and O–H groups in total. The van der Waals surface area contributed by atoms with E-state index in [9.17, 15) is 5.11 Å². The molecule has 0 aliphatic heterocycles. The van der Waals surface area contributed by atoms with Gasteiger partial charge in [0, 0.05) is 13.1 Å². The van der Waals surface area contributed by atoms with Gasteiger partial charge in [0.15, 0.2) is 11.5 Å². The number of nitrogens with one attached hydrogen (secondary N) is 1. The van der Waals surface area contributed by atoms with Crippen molar-refractivity contribution in [2.45, 2.75) is 12.6 Å². The lowest BCUT2D eigenvalue weighted by Crippen LogP contribution is -2.21. The molecule has 0 aromatic heterocycles. The summed E-state index contributed by atoms with van der Waals surface area (Å²) in [5.41, 5.74) is 1.93. The Balaban J connectivity index is 1.97. The van der Waals surface area contributed by atoms with Gasteiger partial charge in [0.1, 0.15) is 6.61 Å². The van der Waals surface area contributed by atoms with E-state index in [1.807, 2.05) is 42.5 Å². The lowest BCUT2D eigenvalue weighted by Gasteiger charge is -2.15. The number of benzene rings is 2. The van der Waals surface area contributed by atoms with Gasteiger partial charge < -0.3 is 19.9 Å². The molecular weight excluding hydrogens is 370 g/mol. The van der Waals surface area contributed by atoms with Crippen molar-refractivity contribution >= 4 is 15.9 Å². The van der Waals surface area contributed by atoms with Gasteiger partial charge in [-0.25, -0.2) is 0 Å². The van der Waals surface area contributed by atoms with Crippen LogP contribution in [0.25, 0.3) is 0 Å². The highest BCUT2D eigenvalue weighted by atomic mass is 79.9. The highest BCUT2D eigenvalue weighted by Crippen LogP contribution is 2.36. The molecule has 0 aliphatic carbocycles. The fraction of sp³-hybridized carbons (Fsp3) is 0.263. The van der Waals surface area contributed by atoms with Gasteiger partial charge in [-0.05, 0) is 39.2 Å². The van der Waals surface area contributed by atoms with Crippen LogP contribution in [-0.4, -0.2) is 25.4 Å². The smallest absolute Gasteiger partial charge is 0.175 e. The molecule has 0 amide bonds. The van der Waals surface area contributed by atoms with Crippen LogP contribution in [0.15, 0.2) is 59.6 Å². The summed E-state index contributed by atoms with van der Waals surface area (Å²) in [4.78, 5) is 0. The van der Waals surface area contributed by atoms with Gasteiger partial charge in [-0.1, -0.05) is 43.0 Å². The lowest BCUT2D eigenvalue weighted by molar-refractivity contribution is 0.174. The maximum Gasteiger partial charge on any atom is 0.175 e. The molecule has 0 aliphatic rings. The highest BCUT2D eigenvalue weighted by molar-refractivity contribution is 9.10. The first-order valence-electron chi connectivity index (χ1n) is 7.69. The third-order valence-electron chi connectivity index (χ3n) is 3.49. The minimum Gasteiger partial charge on any atom is -0.493 e. The number of aliphatic hydroxyl groups is 1. The van der Waals surface area contributed by atoms with Gasteiger partial charge in [0.25, 0.3) is 0 Å². The molecule has 0 bridgehead atoms. The van der Waals surface area contributed by atoms with Crippen LogP contribution in [0.2, 0.25) is 0 Å². The number of halogens is 1. The maximum atomic E-state index is 10.2. The van der Waals surface area contributed by atoms with Crippen LogP contribution in [0.5, 0.6) is 11.5 Å². The molecule has 4 nitrogen and oxygen atoms in total. The molecule has 0 saturated carbocycles. The minimum atomic E-state index is -0.535. The molecule has 128 valence electrons. The van der Waals surface area contributed by atoms with Gasteiger partial charge in [-0.15, -0.1) is 0 Å². The molecule has 2 rings (SSSR count). The van der Waals surface area contributed by atoms with Crippen LogP contribution in [0.3, 0.4) is 0 Å². The van der Waals surface area contributed by atoms with Crippen molar-refractivity contribution < 1.29 is 14.6 Å². The second-order valence-electron chi connectivity index (χ2n) is 5.27. The van der Waals surface area contributed by atoms with Crippen LogP contribution in [-0.2, 0) is 6.54 Å². The Kier molecular flexibility index (Phi) is 7.31. The summed E-state index contributed by atoms with van der Waals surface area (Å²) in [6.07, 6.45) is 1.15. The molecule has 1 unspecified atom stereocenters.